The predicted octanol–water partition coefficient (Wildman–Crippen LogP) is 3.31. The summed E-state index contributed by atoms with van der Waals surface area (Å²) >= 11 is 0. The van der Waals surface area contributed by atoms with Crippen LogP contribution in [0, 0.1) is 6.92 Å². The van der Waals surface area contributed by atoms with Crippen LogP contribution in [0.2, 0.25) is 0 Å². The maximum atomic E-state index is 11.3. The smallest absolute Gasteiger partial charge is 0.224 e. The third-order valence-corrected chi connectivity index (χ3v) is 3.20. The van der Waals surface area contributed by atoms with E-state index in [4.69, 9.17) is 0 Å². The average molecular weight is 284 g/mol. The molecule has 0 saturated heterocycles. The Hall–Kier alpha value is -2.43. The number of aromatic nitrogens is 2. The van der Waals surface area contributed by atoms with E-state index < -0.39 is 0 Å². The number of aryl methyl sites for hydroxylation is 1. The first-order chi connectivity index (χ1) is 10.1. The number of nitrogens with zero attached hydrogens (tertiary/aromatic N) is 2. The molecular weight excluding hydrogens is 264 g/mol. The molecule has 2 rings (SSSR count). The van der Waals surface area contributed by atoms with E-state index >= 15 is 0 Å². The fourth-order valence-corrected chi connectivity index (χ4v) is 2.06. The maximum Gasteiger partial charge on any atom is 0.224 e. The molecule has 1 aromatic heterocycles. The van der Waals surface area contributed by atoms with Gasteiger partial charge < -0.3 is 10.6 Å². The third kappa shape index (κ3) is 4.02. The molecule has 0 bridgehead atoms. The SMILES string of the molecule is CCC(=O)Nc1ccc(NC(C)c2nccnc2C)cc1. The lowest BCUT2D eigenvalue weighted by atomic mass is 10.1. The van der Waals surface area contributed by atoms with Crippen LogP contribution >= 0.6 is 0 Å². The number of carbonyl (C=O) groups is 1. The van der Waals surface area contributed by atoms with Crippen LogP contribution in [0.1, 0.15) is 37.7 Å². The largest absolute Gasteiger partial charge is 0.377 e. The van der Waals surface area contributed by atoms with Crippen molar-refractivity contribution in [3.8, 4) is 0 Å². The van der Waals surface area contributed by atoms with Crippen LogP contribution in [0.5, 0.6) is 0 Å². The van der Waals surface area contributed by atoms with Gasteiger partial charge in [-0.3, -0.25) is 14.8 Å². The van der Waals surface area contributed by atoms with Crippen LogP contribution in [-0.4, -0.2) is 15.9 Å². The fourth-order valence-electron chi connectivity index (χ4n) is 2.06. The van der Waals surface area contributed by atoms with Crippen molar-refractivity contribution in [3.63, 3.8) is 0 Å². The van der Waals surface area contributed by atoms with Gasteiger partial charge in [0.2, 0.25) is 5.91 Å². The number of anilines is 2. The molecule has 0 radical (unpaired) electrons. The number of hydrogen-bond acceptors (Lipinski definition) is 4. The van der Waals surface area contributed by atoms with Gasteiger partial charge in [-0.2, -0.15) is 0 Å². The van der Waals surface area contributed by atoms with Crippen LogP contribution < -0.4 is 10.6 Å². The molecule has 0 aliphatic carbocycles. The molecular formula is C16H20N4O. The first-order valence-corrected chi connectivity index (χ1v) is 7.04. The molecule has 110 valence electrons. The molecule has 1 atom stereocenters. The quantitative estimate of drug-likeness (QED) is 0.884. The van der Waals surface area contributed by atoms with E-state index in [1.54, 1.807) is 12.4 Å². The predicted molar refractivity (Wildman–Crippen MR) is 84.2 cm³/mol. The number of rotatable bonds is 5. The van der Waals surface area contributed by atoms with Gasteiger partial charge in [0, 0.05) is 30.2 Å². The summed E-state index contributed by atoms with van der Waals surface area (Å²) < 4.78 is 0. The van der Waals surface area contributed by atoms with E-state index in [0.29, 0.717) is 6.42 Å². The van der Waals surface area contributed by atoms with Gasteiger partial charge in [0.25, 0.3) is 0 Å². The van der Waals surface area contributed by atoms with E-state index in [1.165, 1.54) is 0 Å². The Morgan fingerprint density at radius 1 is 1.14 bits per heavy atom. The molecule has 5 nitrogen and oxygen atoms in total. The summed E-state index contributed by atoms with van der Waals surface area (Å²) in [7, 11) is 0. The Bertz CT molecular complexity index is 610. The zero-order valence-electron chi connectivity index (χ0n) is 12.6. The monoisotopic (exact) mass is 284 g/mol. The normalized spacial score (nSPS) is 11.8. The summed E-state index contributed by atoms with van der Waals surface area (Å²) in [5, 5.41) is 6.20. The molecule has 2 aromatic rings. The lowest BCUT2D eigenvalue weighted by Gasteiger charge is -2.16. The summed E-state index contributed by atoms with van der Waals surface area (Å²) in [6.07, 6.45) is 3.86. The molecule has 21 heavy (non-hydrogen) atoms. The lowest BCUT2D eigenvalue weighted by molar-refractivity contribution is -0.115. The molecule has 0 saturated carbocycles. The summed E-state index contributed by atoms with van der Waals surface area (Å²) in [6, 6.07) is 7.70. The molecule has 0 spiro atoms. The van der Waals surface area contributed by atoms with Gasteiger partial charge in [0.1, 0.15) is 0 Å². The highest BCUT2D eigenvalue weighted by molar-refractivity contribution is 5.90. The second-order valence-corrected chi connectivity index (χ2v) is 4.87. The second kappa shape index (κ2) is 6.83. The van der Waals surface area contributed by atoms with Gasteiger partial charge in [-0.05, 0) is 38.1 Å². The third-order valence-electron chi connectivity index (χ3n) is 3.20. The fraction of sp³-hybridized carbons (Fsp3) is 0.312. The summed E-state index contributed by atoms with van der Waals surface area (Å²) in [6.45, 7) is 5.82. The van der Waals surface area contributed by atoms with Gasteiger partial charge >= 0.3 is 0 Å². The van der Waals surface area contributed by atoms with Crippen LogP contribution in [0.3, 0.4) is 0 Å². The molecule has 5 heteroatoms. The average Bonchev–Trinajstić information content (AvgIpc) is 2.49. The van der Waals surface area contributed by atoms with Crippen molar-refractivity contribution in [3.05, 3.63) is 48.0 Å². The minimum atomic E-state index is 0.0132. The van der Waals surface area contributed by atoms with Crippen molar-refractivity contribution in [1.29, 1.82) is 0 Å². The highest BCUT2D eigenvalue weighted by atomic mass is 16.1. The molecule has 2 N–H and O–H groups in total. The summed E-state index contributed by atoms with van der Waals surface area (Å²) in [4.78, 5) is 19.9. The number of nitrogens with one attached hydrogen (secondary N) is 2. The van der Waals surface area contributed by atoms with E-state index in [2.05, 4.69) is 20.6 Å². The van der Waals surface area contributed by atoms with E-state index in [1.807, 2.05) is 45.0 Å². The Balaban J connectivity index is 2.03. The maximum absolute atomic E-state index is 11.3. The van der Waals surface area contributed by atoms with Crippen molar-refractivity contribution in [2.24, 2.45) is 0 Å². The van der Waals surface area contributed by atoms with Crippen LogP contribution in [0.25, 0.3) is 0 Å². The van der Waals surface area contributed by atoms with Crippen LogP contribution in [0.15, 0.2) is 36.7 Å². The van der Waals surface area contributed by atoms with Crippen molar-refractivity contribution in [2.75, 3.05) is 10.6 Å². The van der Waals surface area contributed by atoms with Gasteiger partial charge in [-0.1, -0.05) is 6.92 Å². The van der Waals surface area contributed by atoms with E-state index in [0.717, 1.165) is 22.8 Å². The van der Waals surface area contributed by atoms with Gasteiger partial charge in [-0.25, -0.2) is 0 Å². The first-order valence-electron chi connectivity index (χ1n) is 7.04. The first kappa shape index (κ1) is 15.0. The van der Waals surface area contributed by atoms with E-state index in [-0.39, 0.29) is 11.9 Å². The topological polar surface area (TPSA) is 66.9 Å². The minimum absolute atomic E-state index is 0.0132. The van der Waals surface area contributed by atoms with Gasteiger partial charge in [0.15, 0.2) is 0 Å². The number of amides is 1. The van der Waals surface area contributed by atoms with Crippen LogP contribution in [-0.2, 0) is 4.79 Å². The zero-order valence-corrected chi connectivity index (χ0v) is 12.6. The standard InChI is InChI=1S/C16H20N4O/c1-4-15(21)20-14-7-5-13(6-8-14)19-12(3)16-11(2)17-9-10-18-16/h5-10,12,19H,4H2,1-3H3,(H,20,21). The van der Waals surface area contributed by atoms with Crippen molar-refractivity contribution in [2.45, 2.75) is 33.2 Å². The number of hydrogen-bond donors (Lipinski definition) is 2. The van der Waals surface area contributed by atoms with Crippen LogP contribution in [0.4, 0.5) is 11.4 Å². The number of benzene rings is 1. The Labute approximate surface area is 124 Å². The molecule has 1 heterocycles. The highest BCUT2D eigenvalue weighted by Gasteiger charge is 2.10. The summed E-state index contributed by atoms with van der Waals surface area (Å²) in [5.41, 5.74) is 3.63. The lowest BCUT2D eigenvalue weighted by Crippen LogP contribution is -2.11. The van der Waals surface area contributed by atoms with Gasteiger partial charge in [-0.15, -0.1) is 0 Å². The number of carbonyl (C=O) groups excluding carboxylic acids is 1. The molecule has 0 aliphatic rings. The molecule has 1 aromatic carbocycles. The highest BCUT2D eigenvalue weighted by Crippen LogP contribution is 2.20. The Morgan fingerprint density at radius 2 is 1.76 bits per heavy atom. The van der Waals surface area contributed by atoms with Gasteiger partial charge in [0.05, 0.1) is 17.4 Å². The Morgan fingerprint density at radius 3 is 2.38 bits per heavy atom. The van der Waals surface area contributed by atoms with Crippen molar-refractivity contribution >= 4 is 17.3 Å². The molecule has 1 amide bonds. The van der Waals surface area contributed by atoms with E-state index in [9.17, 15) is 4.79 Å². The zero-order chi connectivity index (χ0) is 15.2. The van der Waals surface area contributed by atoms with Crippen molar-refractivity contribution < 1.29 is 4.79 Å². The Kier molecular flexibility index (Phi) is 4.87. The molecule has 1 unspecified atom stereocenters. The second-order valence-electron chi connectivity index (χ2n) is 4.87. The summed E-state index contributed by atoms with van der Waals surface area (Å²) in [5.74, 6) is 0.0132. The molecule has 0 fully saturated rings. The minimum Gasteiger partial charge on any atom is -0.377 e. The van der Waals surface area contributed by atoms with Crippen molar-refractivity contribution in [1.82, 2.24) is 9.97 Å². The molecule has 0 aliphatic heterocycles.